The lowest BCUT2D eigenvalue weighted by Gasteiger charge is -2.30. The predicted octanol–water partition coefficient (Wildman–Crippen LogP) is 2.06. The summed E-state index contributed by atoms with van der Waals surface area (Å²) in [5.74, 6) is 0. The molecule has 0 aromatic heterocycles. The Morgan fingerprint density at radius 3 is 2.47 bits per heavy atom. The zero-order chi connectivity index (χ0) is 13.7. The molecular formula is C16H27N3. The van der Waals surface area contributed by atoms with E-state index >= 15 is 0 Å². The van der Waals surface area contributed by atoms with Gasteiger partial charge in [0, 0.05) is 32.2 Å². The molecule has 1 aromatic rings. The van der Waals surface area contributed by atoms with Crippen molar-refractivity contribution in [2.45, 2.75) is 38.9 Å². The normalized spacial score (nSPS) is 22.4. The standard InChI is InChI=1S/C16H27N3/c1-3-16-13-18(2)9-4-10-19(16)12-15-7-5-14(11-17)6-8-15/h5-8,16H,3-4,9-13,17H2,1-2H3. The Morgan fingerprint density at radius 1 is 1.16 bits per heavy atom. The van der Waals surface area contributed by atoms with E-state index in [2.05, 4.69) is 48.0 Å². The molecule has 0 aliphatic carbocycles. The third kappa shape index (κ3) is 4.03. The van der Waals surface area contributed by atoms with Crippen LogP contribution in [0.25, 0.3) is 0 Å². The quantitative estimate of drug-likeness (QED) is 0.900. The second-order valence-electron chi connectivity index (χ2n) is 5.67. The Kier molecular flexibility index (Phi) is 5.37. The fourth-order valence-corrected chi connectivity index (χ4v) is 2.90. The maximum Gasteiger partial charge on any atom is 0.0237 e. The van der Waals surface area contributed by atoms with Gasteiger partial charge in [-0.05, 0) is 37.6 Å². The molecule has 0 amide bonds. The molecule has 19 heavy (non-hydrogen) atoms. The topological polar surface area (TPSA) is 32.5 Å². The fourth-order valence-electron chi connectivity index (χ4n) is 2.90. The highest BCUT2D eigenvalue weighted by Crippen LogP contribution is 2.16. The van der Waals surface area contributed by atoms with Gasteiger partial charge in [0.2, 0.25) is 0 Å². The Balaban J connectivity index is 2.02. The maximum absolute atomic E-state index is 5.65. The van der Waals surface area contributed by atoms with Crippen LogP contribution in [0.15, 0.2) is 24.3 Å². The minimum atomic E-state index is 0.631. The highest BCUT2D eigenvalue weighted by molar-refractivity contribution is 5.22. The molecule has 0 spiro atoms. The average molecular weight is 261 g/mol. The van der Waals surface area contributed by atoms with Crippen molar-refractivity contribution in [2.24, 2.45) is 5.73 Å². The Labute approximate surface area is 117 Å². The first-order valence-corrected chi connectivity index (χ1v) is 7.43. The fraction of sp³-hybridized carbons (Fsp3) is 0.625. The minimum absolute atomic E-state index is 0.631. The summed E-state index contributed by atoms with van der Waals surface area (Å²) in [6.07, 6.45) is 2.50. The van der Waals surface area contributed by atoms with Crippen LogP contribution in [-0.2, 0) is 13.1 Å². The molecule has 0 saturated carbocycles. The number of benzene rings is 1. The van der Waals surface area contributed by atoms with Crippen molar-refractivity contribution < 1.29 is 0 Å². The molecule has 1 unspecified atom stereocenters. The van der Waals surface area contributed by atoms with E-state index in [0.29, 0.717) is 12.6 Å². The number of likely N-dealkylation sites (N-methyl/N-ethyl adjacent to an activating group) is 1. The molecule has 2 rings (SSSR count). The first kappa shape index (κ1) is 14.5. The van der Waals surface area contributed by atoms with Crippen molar-refractivity contribution in [3.8, 4) is 0 Å². The third-order valence-electron chi connectivity index (χ3n) is 4.14. The van der Waals surface area contributed by atoms with E-state index in [1.807, 2.05) is 0 Å². The summed E-state index contributed by atoms with van der Waals surface area (Å²) in [7, 11) is 2.24. The molecule has 0 bridgehead atoms. The molecule has 3 heteroatoms. The summed E-state index contributed by atoms with van der Waals surface area (Å²) < 4.78 is 0. The summed E-state index contributed by atoms with van der Waals surface area (Å²) in [6.45, 7) is 7.62. The smallest absolute Gasteiger partial charge is 0.0237 e. The van der Waals surface area contributed by atoms with Crippen molar-refractivity contribution in [1.29, 1.82) is 0 Å². The molecule has 3 nitrogen and oxygen atoms in total. The van der Waals surface area contributed by atoms with E-state index in [4.69, 9.17) is 5.73 Å². The summed E-state index contributed by atoms with van der Waals surface area (Å²) in [5.41, 5.74) is 8.26. The second kappa shape index (κ2) is 7.04. The van der Waals surface area contributed by atoms with E-state index in [9.17, 15) is 0 Å². The number of rotatable bonds is 4. The van der Waals surface area contributed by atoms with Crippen molar-refractivity contribution in [3.63, 3.8) is 0 Å². The van der Waals surface area contributed by atoms with Crippen LogP contribution in [0.5, 0.6) is 0 Å². The average Bonchev–Trinajstić information content (AvgIpc) is 2.61. The minimum Gasteiger partial charge on any atom is -0.326 e. The van der Waals surface area contributed by atoms with Crippen LogP contribution in [0.3, 0.4) is 0 Å². The number of hydrogen-bond donors (Lipinski definition) is 1. The SMILES string of the molecule is CCC1CN(C)CCCN1Cc1ccc(CN)cc1. The first-order chi connectivity index (χ1) is 9.22. The van der Waals surface area contributed by atoms with E-state index in [1.165, 1.54) is 43.6 Å². The van der Waals surface area contributed by atoms with Crippen molar-refractivity contribution in [1.82, 2.24) is 9.80 Å². The highest BCUT2D eigenvalue weighted by Gasteiger charge is 2.21. The molecule has 1 fully saturated rings. The summed E-state index contributed by atoms with van der Waals surface area (Å²) >= 11 is 0. The number of nitrogens with zero attached hydrogens (tertiary/aromatic N) is 2. The van der Waals surface area contributed by atoms with Gasteiger partial charge in [-0.2, -0.15) is 0 Å². The predicted molar refractivity (Wildman–Crippen MR) is 80.9 cm³/mol. The van der Waals surface area contributed by atoms with Gasteiger partial charge in [-0.1, -0.05) is 31.2 Å². The van der Waals surface area contributed by atoms with Crippen LogP contribution < -0.4 is 5.73 Å². The molecule has 106 valence electrons. The van der Waals surface area contributed by atoms with Gasteiger partial charge in [-0.25, -0.2) is 0 Å². The van der Waals surface area contributed by atoms with Crippen LogP contribution in [0, 0.1) is 0 Å². The molecular weight excluding hydrogens is 234 g/mol. The molecule has 1 heterocycles. The molecule has 2 N–H and O–H groups in total. The van der Waals surface area contributed by atoms with Gasteiger partial charge in [0.15, 0.2) is 0 Å². The summed E-state index contributed by atoms with van der Waals surface area (Å²) in [6, 6.07) is 9.44. The third-order valence-corrected chi connectivity index (χ3v) is 4.14. The molecule has 0 radical (unpaired) electrons. The maximum atomic E-state index is 5.65. The van der Waals surface area contributed by atoms with Crippen molar-refractivity contribution in [3.05, 3.63) is 35.4 Å². The van der Waals surface area contributed by atoms with Gasteiger partial charge in [-0.3, -0.25) is 4.90 Å². The highest BCUT2D eigenvalue weighted by atomic mass is 15.2. The van der Waals surface area contributed by atoms with Gasteiger partial charge in [0.05, 0.1) is 0 Å². The van der Waals surface area contributed by atoms with Crippen LogP contribution in [0.1, 0.15) is 30.9 Å². The van der Waals surface area contributed by atoms with E-state index in [0.717, 1.165) is 6.54 Å². The van der Waals surface area contributed by atoms with Crippen LogP contribution >= 0.6 is 0 Å². The molecule has 1 atom stereocenters. The lowest BCUT2D eigenvalue weighted by atomic mass is 10.1. The lowest BCUT2D eigenvalue weighted by molar-refractivity contribution is 0.176. The molecule has 1 aromatic carbocycles. The van der Waals surface area contributed by atoms with Gasteiger partial charge in [0.25, 0.3) is 0 Å². The van der Waals surface area contributed by atoms with Crippen molar-refractivity contribution in [2.75, 3.05) is 26.7 Å². The van der Waals surface area contributed by atoms with Crippen LogP contribution in [0.4, 0.5) is 0 Å². The van der Waals surface area contributed by atoms with Gasteiger partial charge in [0.1, 0.15) is 0 Å². The Morgan fingerprint density at radius 2 is 1.84 bits per heavy atom. The van der Waals surface area contributed by atoms with Crippen molar-refractivity contribution >= 4 is 0 Å². The molecule has 1 aliphatic rings. The van der Waals surface area contributed by atoms with Crippen LogP contribution in [0.2, 0.25) is 0 Å². The zero-order valence-electron chi connectivity index (χ0n) is 12.3. The van der Waals surface area contributed by atoms with E-state index in [-0.39, 0.29) is 0 Å². The summed E-state index contributed by atoms with van der Waals surface area (Å²) in [5, 5.41) is 0. The largest absolute Gasteiger partial charge is 0.326 e. The number of hydrogen-bond acceptors (Lipinski definition) is 3. The first-order valence-electron chi connectivity index (χ1n) is 7.43. The molecule has 1 aliphatic heterocycles. The Hall–Kier alpha value is -0.900. The van der Waals surface area contributed by atoms with Crippen LogP contribution in [-0.4, -0.2) is 42.5 Å². The monoisotopic (exact) mass is 261 g/mol. The Bertz CT molecular complexity index is 374. The zero-order valence-corrected chi connectivity index (χ0v) is 12.3. The van der Waals surface area contributed by atoms with E-state index < -0.39 is 0 Å². The van der Waals surface area contributed by atoms with E-state index in [1.54, 1.807) is 0 Å². The van der Waals surface area contributed by atoms with Gasteiger partial charge >= 0.3 is 0 Å². The lowest BCUT2D eigenvalue weighted by Crippen LogP contribution is -2.39. The van der Waals surface area contributed by atoms with Gasteiger partial charge < -0.3 is 10.6 Å². The second-order valence-corrected chi connectivity index (χ2v) is 5.67. The van der Waals surface area contributed by atoms with Gasteiger partial charge in [-0.15, -0.1) is 0 Å². The molecule has 1 saturated heterocycles. The summed E-state index contributed by atoms with van der Waals surface area (Å²) in [4.78, 5) is 5.10. The number of nitrogens with two attached hydrogens (primary N) is 1.